The van der Waals surface area contributed by atoms with Crippen molar-refractivity contribution < 1.29 is 19.9 Å². The molecule has 6 nitrogen and oxygen atoms in total. The molecule has 0 bridgehead atoms. The number of aromatic nitrogens is 2. The molecule has 2 heterocycles. The molecular formula is C23H22N3O3+. The van der Waals surface area contributed by atoms with Gasteiger partial charge in [0.1, 0.15) is 17.3 Å². The zero-order valence-corrected chi connectivity index (χ0v) is 16.0. The molecule has 4 rings (SSSR count). The Hall–Kier alpha value is -3.80. The number of rotatable bonds is 6. The Morgan fingerprint density at radius 1 is 1.07 bits per heavy atom. The number of nitrogens with zero attached hydrogens (tertiary/aromatic N) is 1. The summed E-state index contributed by atoms with van der Waals surface area (Å²) in [4.78, 5) is 7.49. The van der Waals surface area contributed by atoms with Crippen molar-refractivity contribution in [1.29, 1.82) is 0 Å². The van der Waals surface area contributed by atoms with Crippen molar-refractivity contribution in [3.8, 4) is 17.2 Å². The van der Waals surface area contributed by atoms with Crippen LogP contribution in [0.2, 0.25) is 0 Å². The van der Waals surface area contributed by atoms with Crippen LogP contribution in [0, 0.1) is 0 Å². The van der Waals surface area contributed by atoms with Crippen molar-refractivity contribution in [3.63, 3.8) is 0 Å². The SMILES string of the molecule is CCOc1cc([C@@H](Nc2cccc[nH+]2)c2ccc3cccnc3c2O)ccc1O. The lowest BCUT2D eigenvalue weighted by molar-refractivity contribution is -0.361. The molecule has 2 aromatic carbocycles. The van der Waals surface area contributed by atoms with Crippen molar-refractivity contribution >= 4 is 16.7 Å². The van der Waals surface area contributed by atoms with Gasteiger partial charge in [-0.2, -0.15) is 0 Å². The van der Waals surface area contributed by atoms with Gasteiger partial charge in [-0.3, -0.25) is 10.3 Å². The summed E-state index contributed by atoms with van der Waals surface area (Å²) in [5, 5.41) is 25.4. The van der Waals surface area contributed by atoms with E-state index in [-0.39, 0.29) is 11.5 Å². The Labute approximate surface area is 168 Å². The smallest absolute Gasteiger partial charge is 0.272 e. The van der Waals surface area contributed by atoms with Crippen LogP contribution >= 0.6 is 0 Å². The van der Waals surface area contributed by atoms with Crippen LogP contribution < -0.4 is 15.0 Å². The maximum absolute atomic E-state index is 11.0. The second kappa shape index (κ2) is 8.06. The molecule has 0 saturated heterocycles. The minimum absolute atomic E-state index is 0.0741. The van der Waals surface area contributed by atoms with Gasteiger partial charge in [-0.05, 0) is 37.3 Å². The monoisotopic (exact) mass is 388 g/mol. The molecule has 0 saturated carbocycles. The molecule has 2 aromatic heterocycles. The van der Waals surface area contributed by atoms with Crippen LogP contribution in [0.15, 0.2) is 73.1 Å². The zero-order valence-electron chi connectivity index (χ0n) is 16.0. The number of H-pyrrole nitrogens is 1. The van der Waals surface area contributed by atoms with E-state index in [1.54, 1.807) is 24.4 Å². The number of aromatic hydroxyl groups is 2. The largest absolute Gasteiger partial charge is 0.505 e. The number of hydrogen-bond acceptors (Lipinski definition) is 5. The topological polar surface area (TPSA) is 88.8 Å². The number of fused-ring (bicyclic) bond motifs is 1. The maximum Gasteiger partial charge on any atom is 0.272 e. The van der Waals surface area contributed by atoms with E-state index in [1.165, 1.54) is 0 Å². The third-order valence-electron chi connectivity index (χ3n) is 4.72. The minimum atomic E-state index is -0.403. The normalized spacial score (nSPS) is 11.9. The van der Waals surface area contributed by atoms with Gasteiger partial charge in [0.2, 0.25) is 0 Å². The van der Waals surface area contributed by atoms with Crippen LogP contribution in [0.4, 0.5) is 5.82 Å². The maximum atomic E-state index is 11.0. The molecule has 0 radical (unpaired) electrons. The fourth-order valence-corrected chi connectivity index (χ4v) is 3.34. The Morgan fingerprint density at radius 2 is 1.97 bits per heavy atom. The minimum Gasteiger partial charge on any atom is -0.505 e. The first-order chi connectivity index (χ1) is 14.2. The van der Waals surface area contributed by atoms with Crippen molar-refractivity contribution in [2.24, 2.45) is 0 Å². The highest BCUT2D eigenvalue weighted by Gasteiger charge is 2.25. The summed E-state index contributed by atoms with van der Waals surface area (Å²) < 4.78 is 5.55. The second-order valence-electron chi connectivity index (χ2n) is 6.59. The summed E-state index contributed by atoms with van der Waals surface area (Å²) in [6, 6.07) is 18.1. The molecule has 1 atom stereocenters. The van der Waals surface area contributed by atoms with Crippen LogP contribution in [0.1, 0.15) is 24.1 Å². The molecule has 146 valence electrons. The third-order valence-corrected chi connectivity index (χ3v) is 4.72. The lowest BCUT2D eigenvalue weighted by Gasteiger charge is -2.18. The van der Waals surface area contributed by atoms with Gasteiger partial charge >= 0.3 is 0 Å². The van der Waals surface area contributed by atoms with Gasteiger partial charge in [-0.25, -0.2) is 4.98 Å². The second-order valence-corrected chi connectivity index (χ2v) is 6.59. The van der Waals surface area contributed by atoms with Gasteiger partial charge in [0, 0.05) is 28.8 Å². The molecule has 0 fully saturated rings. The molecular weight excluding hydrogens is 366 g/mol. The first-order valence-corrected chi connectivity index (χ1v) is 9.43. The summed E-state index contributed by atoms with van der Waals surface area (Å²) in [5.41, 5.74) is 2.04. The molecule has 4 aromatic rings. The number of nitrogens with one attached hydrogen (secondary N) is 2. The van der Waals surface area contributed by atoms with Gasteiger partial charge in [0.25, 0.3) is 5.82 Å². The molecule has 29 heavy (non-hydrogen) atoms. The highest BCUT2D eigenvalue weighted by Crippen LogP contribution is 2.38. The Balaban J connectivity index is 1.85. The molecule has 0 aliphatic rings. The van der Waals surface area contributed by atoms with E-state index in [0.717, 1.165) is 16.8 Å². The highest BCUT2D eigenvalue weighted by molar-refractivity contribution is 5.86. The van der Waals surface area contributed by atoms with E-state index in [1.807, 2.05) is 55.6 Å². The van der Waals surface area contributed by atoms with E-state index in [0.29, 0.717) is 23.4 Å². The summed E-state index contributed by atoms with van der Waals surface area (Å²) in [6.07, 6.45) is 3.48. The Bertz CT molecular complexity index is 1130. The summed E-state index contributed by atoms with van der Waals surface area (Å²) in [5.74, 6) is 1.36. The summed E-state index contributed by atoms with van der Waals surface area (Å²) in [6.45, 7) is 2.30. The fraction of sp³-hybridized carbons (Fsp3) is 0.130. The van der Waals surface area contributed by atoms with E-state index in [2.05, 4.69) is 15.3 Å². The zero-order chi connectivity index (χ0) is 20.2. The van der Waals surface area contributed by atoms with Crippen molar-refractivity contribution in [2.45, 2.75) is 13.0 Å². The van der Waals surface area contributed by atoms with Gasteiger partial charge in [-0.15, -0.1) is 0 Å². The Kier molecular flexibility index (Phi) is 5.16. The molecule has 0 unspecified atom stereocenters. The van der Waals surface area contributed by atoms with E-state index in [9.17, 15) is 10.2 Å². The molecule has 0 amide bonds. The lowest BCUT2D eigenvalue weighted by Crippen LogP contribution is -2.19. The highest BCUT2D eigenvalue weighted by atomic mass is 16.5. The molecule has 6 heteroatoms. The van der Waals surface area contributed by atoms with Crippen molar-refractivity contribution in [2.75, 3.05) is 11.9 Å². The average molecular weight is 388 g/mol. The number of pyridine rings is 2. The number of phenols is 2. The van der Waals surface area contributed by atoms with Crippen LogP contribution in [0.25, 0.3) is 10.9 Å². The molecule has 0 aliphatic heterocycles. The standard InChI is InChI=1S/C23H21N3O3/c1-2-29-19-14-16(9-11-18(19)27)21(26-20-7-3-4-12-24-20)17-10-8-15-6-5-13-25-22(15)23(17)28/h3-14,21,27-28H,2H2,1H3,(H,24,26)/p+1/t21-/m1/s1. The van der Waals surface area contributed by atoms with Crippen molar-refractivity contribution in [1.82, 2.24) is 4.98 Å². The van der Waals surface area contributed by atoms with Crippen LogP contribution in [-0.2, 0) is 0 Å². The first-order valence-electron chi connectivity index (χ1n) is 9.43. The molecule has 0 spiro atoms. The fourth-order valence-electron chi connectivity index (χ4n) is 3.34. The number of phenolic OH excluding ortho intramolecular Hbond substituents is 2. The van der Waals surface area contributed by atoms with Crippen LogP contribution in [-0.4, -0.2) is 21.8 Å². The van der Waals surface area contributed by atoms with E-state index >= 15 is 0 Å². The summed E-state index contributed by atoms with van der Waals surface area (Å²) >= 11 is 0. The third kappa shape index (κ3) is 3.78. The van der Waals surface area contributed by atoms with E-state index in [4.69, 9.17) is 4.74 Å². The van der Waals surface area contributed by atoms with Gasteiger partial charge in [-0.1, -0.05) is 24.3 Å². The Morgan fingerprint density at radius 3 is 2.76 bits per heavy atom. The predicted octanol–water partition coefficient (Wildman–Crippen LogP) is 4.06. The van der Waals surface area contributed by atoms with Gasteiger partial charge < -0.3 is 14.9 Å². The number of anilines is 1. The number of ether oxygens (including phenoxy) is 1. The molecule has 4 N–H and O–H groups in total. The van der Waals surface area contributed by atoms with Crippen LogP contribution in [0.5, 0.6) is 17.2 Å². The quantitative estimate of drug-likeness (QED) is 0.464. The van der Waals surface area contributed by atoms with Crippen molar-refractivity contribution in [3.05, 3.63) is 84.2 Å². The molecule has 0 aliphatic carbocycles. The predicted molar refractivity (Wildman–Crippen MR) is 111 cm³/mol. The van der Waals surface area contributed by atoms with Crippen LogP contribution in [0.3, 0.4) is 0 Å². The number of hydrogen-bond donors (Lipinski definition) is 3. The summed E-state index contributed by atoms with van der Waals surface area (Å²) in [7, 11) is 0. The number of aromatic amines is 1. The van der Waals surface area contributed by atoms with E-state index < -0.39 is 6.04 Å². The average Bonchev–Trinajstić information content (AvgIpc) is 2.75. The van der Waals surface area contributed by atoms with Gasteiger partial charge in [0.15, 0.2) is 11.5 Å². The number of benzene rings is 2. The van der Waals surface area contributed by atoms with Gasteiger partial charge in [0.05, 0.1) is 12.8 Å². The lowest BCUT2D eigenvalue weighted by atomic mass is 9.96. The first kappa shape index (κ1) is 18.6.